The maximum Gasteiger partial charge on any atom is 0.326 e. The summed E-state index contributed by atoms with van der Waals surface area (Å²) >= 11 is 0. The monoisotopic (exact) mass is 568 g/mol. The van der Waals surface area contributed by atoms with Crippen LogP contribution in [0.3, 0.4) is 0 Å². The van der Waals surface area contributed by atoms with Gasteiger partial charge in [0.15, 0.2) is 0 Å². The molecule has 3 amide bonds. The van der Waals surface area contributed by atoms with Gasteiger partial charge in [0, 0.05) is 12.8 Å². The first-order valence-corrected chi connectivity index (χ1v) is 14.1. The fraction of sp³-hybridized carbons (Fsp3) is 0.467. The molecule has 224 valence electrons. The molecule has 4 atom stereocenters. The van der Waals surface area contributed by atoms with E-state index in [1.54, 1.807) is 24.3 Å². The summed E-state index contributed by atoms with van der Waals surface area (Å²) in [5.74, 6) is -2.86. The summed E-state index contributed by atoms with van der Waals surface area (Å²) in [5, 5.41) is 17.9. The van der Waals surface area contributed by atoms with Crippen molar-refractivity contribution in [3.8, 4) is 0 Å². The largest absolute Gasteiger partial charge is 0.480 e. The molecule has 2 aromatic carbocycles. The van der Waals surface area contributed by atoms with E-state index in [4.69, 9.17) is 17.2 Å². The van der Waals surface area contributed by atoms with E-state index in [9.17, 15) is 24.3 Å². The predicted molar refractivity (Wildman–Crippen MR) is 158 cm³/mol. The molecule has 2 rings (SSSR count). The Labute approximate surface area is 241 Å². The van der Waals surface area contributed by atoms with Gasteiger partial charge in [-0.3, -0.25) is 14.4 Å². The van der Waals surface area contributed by atoms with Crippen molar-refractivity contribution in [2.24, 2.45) is 17.2 Å². The van der Waals surface area contributed by atoms with Crippen molar-refractivity contribution in [3.63, 3.8) is 0 Å². The van der Waals surface area contributed by atoms with E-state index in [-0.39, 0.29) is 12.8 Å². The van der Waals surface area contributed by atoms with Gasteiger partial charge in [-0.15, -0.1) is 0 Å². The maximum absolute atomic E-state index is 13.5. The van der Waals surface area contributed by atoms with Crippen LogP contribution in [0, 0.1) is 0 Å². The van der Waals surface area contributed by atoms with E-state index in [1.807, 2.05) is 36.4 Å². The van der Waals surface area contributed by atoms with Crippen LogP contribution in [-0.4, -0.2) is 66.1 Å². The highest BCUT2D eigenvalue weighted by molar-refractivity contribution is 5.94. The number of carboxylic acid groups (broad SMARTS) is 1. The van der Waals surface area contributed by atoms with E-state index in [0.717, 1.165) is 17.5 Å². The van der Waals surface area contributed by atoms with Gasteiger partial charge in [-0.25, -0.2) is 4.79 Å². The number of hydrogen-bond acceptors (Lipinski definition) is 7. The molecule has 11 nitrogen and oxygen atoms in total. The van der Waals surface area contributed by atoms with Gasteiger partial charge in [0.2, 0.25) is 17.7 Å². The Kier molecular flexibility index (Phi) is 15.1. The van der Waals surface area contributed by atoms with Crippen molar-refractivity contribution < 1.29 is 24.3 Å². The molecule has 2 aromatic rings. The van der Waals surface area contributed by atoms with Crippen molar-refractivity contribution >= 4 is 23.7 Å². The lowest BCUT2D eigenvalue weighted by Crippen LogP contribution is -2.57. The fourth-order valence-electron chi connectivity index (χ4n) is 4.33. The summed E-state index contributed by atoms with van der Waals surface area (Å²) in [6.07, 6.45) is 3.57. The van der Waals surface area contributed by atoms with Crippen LogP contribution < -0.4 is 33.2 Å². The lowest BCUT2D eigenvalue weighted by molar-refractivity contribution is -0.142. The van der Waals surface area contributed by atoms with Gasteiger partial charge in [-0.05, 0) is 56.3 Å². The molecule has 0 bridgehead atoms. The number of carboxylic acids is 1. The standard InChI is InChI=1S/C30H44N6O5/c31-17-9-7-15-23(33)27(37)34-24(16-8-10-18-32)28(38)35-25(19-21-11-3-1-4-12-21)29(39)36-26(30(40)41)20-22-13-5-2-6-14-22/h1-6,11-14,23-26H,7-10,15-20,31-33H2,(H,34,37)(H,35,38)(H,36,39)(H,40,41)/t23-,24-,25-,26-/m0/s1. The van der Waals surface area contributed by atoms with Crippen LogP contribution in [0.2, 0.25) is 0 Å². The Morgan fingerprint density at radius 3 is 1.56 bits per heavy atom. The molecule has 0 heterocycles. The number of rotatable bonds is 19. The summed E-state index contributed by atoms with van der Waals surface area (Å²) in [5.41, 5.74) is 18.7. The minimum atomic E-state index is -1.20. The summed E-state index contributed by atoms with van der Waals surface area (Å²) in [7, 11) is 0. The SMILES string of the molecule is NCCCC[C@H](NC(=O)[C@@H](N)CCCCN)C(=O)N[C@@H](Cc1ccccc1)C(=O)N[C@@H](Cc1ccccc1)C(=O)O. The zero-order valence-electron chi connectivity index (χ0n) is 23.5. The van der Waals surface area contributed by atoms with Crippen molar-refractivity contribution in [1.82, 2.24) is 16.0 Å². The molecular formula is C30H44N6O5. The second-order valence-corrected chi connectivity index (χ2v) is 10.1. The number of nitrogens with two attached hydrogens (primary N) is 3. The van der Waals surface area contributed by atoms with E-state index >= 15 is 0 Å². The molecule has 11 heteroatoms. The highest BCUT2D eigenvalue weighted by atomic mass is 16.4. The maximum atomic E-state index is 13.5. The Morgan fingerprint density at radius 2 is 1.05 bits per heavy atom. The molecule has 0 saturated carbocycles. The molecule has 0 aliphatic carbocycles. The highest BCUT2D eigenvalue weighted by Gasteiger charge is 2.30. The van der Waals surface area contributed by atoms with Crippen LogP contribution >= 0.6 is 0 Å². The number of amides is 3. The summed E-state index contributed by atoms with van der Waals surface area (Å²) in [6, 6.07) is 14.0. The van der Waals surface area contributed by atoms with Crippen molar-refractivity contribution in [2.75, 3.05) is 13.1 Å². The van der Waals surface area contributed by atoms with E-state index < -0.39 is 47.9 Å². The van der Waals surface area contributed by atoms with Crippen molar-refractivity contribution in [1.29, 1.82) is 0 Å². The highest BCUT2D eigenvalue weighted by Crippen LogP contribution is 2.09. The zero-order valence-corrected chi connectivity index (χ0v) is 23.5. The number of unbranched alkanes of at least 4 members (excludes halogenated alkanes) is 2. The Morgan fingerprint density at radius 1 is 0.610 bits per heavy atom. The second-order valence-electron chi connectivity index (χ2n) is 10.1. The predicted octanol–water partition coefficient (Wildman–Crippen LogP) is 0.596. The molecule has 0 aliphatic heterocycles. The molecule has 0 saturated heterocycles. The van der Waals surface area contributed by atoms with Gasteiger partial charge >= 0.3 is 5.97 Å². The zero-order chi connectivity index (χ0) is 30.0. The van der Waals surface area contributed by atoms with Crippen molar-refractivity contribution in [2.45, 2.75) is 75.5 Å². The van der Waals surface area contributed by atoms with Crippen molar-refractivity contribution in [3.05, 3.63) is 71.8 Å². The Hall–Kier alpha value is -3.80. The first kappa shape index (κ1) is 33.4. The third kappa shape index (κ3) is 12.5. The number of carbonyl (C=O) groups excluding carboxylic acids is 3. The van der Waals surface area contributed by atoms with E-state index in [1.165, 1.54) is 0 Å². The number of aliphatic carboxylic acids is 1. The first-order valence-electron chi connectivity index (χ1n) is 14.1. The fourth-order valence-corrected chi connectivity index (χ4v) is 4.33. The van der Waals surface area contributed by atoms with Crippen LogP contribution in [0.4, 0.5) is 0 Å². The average molecular weight is 569 g/mol. The third-order valence-electron chi connectivity index (χ3n) is 6.70. The third-order valence-corrected chi connectivity index (χ3v) is 6.70. The number of carbonyl (C=O) groups is 4. The lowest BCUT2D eigenvalue weighted by atomic mass is 10.0. The Bertz CT molecular complexity index is 1090. The van der Waals surface area contributed by atoms with Crippen LogP contribution in [0.25, 0.3) is 0 Å². The number of hydrogen-bond donors (Lipinski definition) is 7. The molecule has 0 unspecified atom stereocenters. The van der Waals surface area contributed by atoms with Gasteiger partial charge < -0.3 is 38.3 Å². The first-order chi connectivity index (χ1) is 19.7. The average Bonchev–Trinajstić information content (AvgIpc) is 2.97. The van der Waals surface area contributed by atoms with Crippen LogP contribution in [0.15, 0.2) is 60.7 Å². The van der Waals surface area contributed by atoms with Crippen LogP contribution in [0.5, 0.6) is 0 Å². The summed E-state index contributed by atoms with van der Waals surface area (Å²) < 4.78 is 0. The second kappa shape index (κ2) is 18.5. The van der Waals surface area contributed by atoms with Gasteiger partial charge in [0.05, 0.1) is 6.04 Å². The lowest BCUT2D eigenvalue weighted by Gasteiger charge is -2.25. The van der Waals surface area contributed by atoms with Gasteiger partial charge in [0.25, 0.3) is 0 Å². The molecule has 41 heavy (non-hydrogen) atoms. The number of nitrogens with one attached hydrogen (secondary N) is 3. The molecular weight excluding hydrogens is 524 g/mol. The normalized spacial score (nSPS) is 13.8. The number of benzene rings is 2. The summed E-state index contributed by atoms with van der Waals surface area (Å²) in [4.78, 5) is 51.7. The Balaban J connectivity index is 2.20. The topological polar surface area (TPSA) is 203 Å². The van der Waals surface area contributed by atoms with Gasteiger partial charge in [-0.2, -0.15) is 0 Å². The molecule has 0 radical (unpaired) electrons. The quantitative estimate of drug-likeness (QED) is 0.119. The van der Waals surface area contributed by atoms with Gasteiger partial charge in [-0.1, -0.05) is 67.1 Å². The van der Waals surface area contributed by atoms with Gasteiger partial charge in [0.1, 0.15) is 18.1 Å². The smallest absolute Gasteiger partial charge is 0.326 e. The molecule has 10 N–H and O–H groups in total. The van der Waals surface area contributed by atoms with Crippen LogP contribution in [0.1, 0.15) is 49.7 Å². The minimum Gasteiger partial charge on any atom is -0.480 e. The minimum absolute atomic E-state index is 0.0771. The van der Waals surface area contributed by atoms with E-state index in [2.05, 4.69) is 16.0 Å². The molecule has 0 aromatic heterocycles. The van der Waals surface area contributed by atoms with Crippen LogP contribution in [-0.2, 0) is 32.0 Å². The summed E-state index contributed by atoms with van der Waals surface area (Å²) in [6.45, 7) is 0.926. The van der Waals surface area contributed by atoms with E-state index in [0.29, 0.717) is 45.2 Å². The molecule has 0 spiro atoms. The molecule has 0 fully saturated rings. The molecule has 0 aliphatic rings.